The van der Waals surface area contributed by atoms with Crippen molar-refractivity contribution in [1.29, 1.82) is 0 Å². The van der Waals surface area contributed by atoms with Crippen molar-refractivity contribution in [2.75, 3.05) is 19.6 Å². The topological polar surface area (TPSA) is 34.0 Å². The van der Waals surface area contributed by atoms with Crippen molar-refractivity contribution < 1.29 is 0 Å². The van der Waals surface area contributed by atoms with Crippen LogP contribution in [0.3, 0.4) is 0 Å². The molecule has 0 N–H and O–H groups in total. The standard InChI is InChI=1S/C17H28N4/c1-15-19-18-14-21(15)12-11-20(13-17-7-8-17)10-9-16-5-3-2-4-6-16/h5,14,17H,2-4,6-13H2,1H3. The van der Waals surface area contributed by atoms with Crippen LogP contribution in [0.1, 0.15) is 50.8 Å². The van der Waals surface area contributed by atoms with Gasteiger partial charge in [-0.25, -0.2) is 0 Å². The first-order valence-corrected chi connectivity index (χ1v) is 8.56. The first-order chi connectivity index (χ1) is 10.3. The maximum absolute atomic E-state index is 4.07. The highest BCUT2D eigenvalue weighted by Crippen LogP contribution is 2.30. The molecule has 0 aromatic carbocycles. The monoisotopic (exact) mass is 288 g/mol. The Morgan fingerprint density at radius 3 is 2.86 bits per heavy atom. The largest absolute Gasteiger partial charge is 0.317 e. The second kappa shape index (κ2) is 7.21. The average Bonchev–Trinajstić information content (AvgIpc) is 3.24. The summed E-state index contributed by atoms with van der Waals surface area (Å²) < 4.78 is 2.17. The molecule has 21 heavy (non-hydrogen) atoms. The SMILES string of the molecule is Cc1nncn1CCN(CCC1=CCCCC1)CC1CC1. The van der Waals surface area contributed by atoms with Crippen molar-refractivity contribution in [3.05, 3.63) is 23.8 Å². The van der Waals surface area contributed by atoms with Crippen molar-refractivity contribution >= 4 is 0 Å². The van der Waals surface area contributed by atoms with Crippen LogP contribution in [-0.4, -0.2) is 39.3 Å². The van der Waals surface area contributed by atoms with Crippen LogP contribution in [0.2, 0.25) is 0 Å². The molecule has 0 amide bonds. The Bertz CT molecular complexity index is 473. The van der Waals surface area contributed by atoms with E-state index < -0.39 is 0 Å². The minimum atomic E-state index is 0.965. The lowest BCUT2D eigenvalue weighted by molar-refractivity contribution is 0.253. The number of aryl methyl sites for hydroxylation is 1. The van der Waals surface area contributed by atoms with Crippen LogP contribution in [0.15, 0.2) is 18.0 Å². The zero-order chi connectivity index (χ0) is 14.5. The van der Waals surface area contributed by atoms with Crippen LogP contribution in [-0.2, 0) is 6.54 Å². The molecule has 0 bridgehead atoms. The fourth-order valence-corrected chi connectivity index (χ4v) is 3.17. The van der Waals surface area contributed by atoms with E-state index >= 15 is 0 Å². The summed E-state index contributed by atoms with van der Waals surface area (Å²) in [6, 6.07) is 0. The molecule has 1 fully saturated rings. The highest BCUT2D eigenvalue weighted by molar-refractivity contribution is 5.05. The van der Waals surface area contributed by atoms with Gasteiger partial charge in [0.2, 0.25) is 0 Å². The van der Waals surface area contributed by atoms with Crippen LogP contribution in [0, 0.1) is 12.8 Å². The zero-order valence-electron chi connectivity index (χ0n) is 13.3. The molecule has 1 heterocycles. The number of aromatic nitrogens is 3. The molecule has 1 saturated carbocycles. The molecular formula is C17H28N4. The summed E-state index contributed by atoms with van der Waals surface area (Å²) in [5, 5.41) is 8.05. The van der Waals surface area contributed by atoms with Crippen molar-refractivity contribution in [3.8, 4) is 0 Å². The number of hydrogen-bond donors (Lipinski definition) is 0. The Morgan fingerprint density at radius 2 is 2.19 bits per heavy atom. The Morgan fingerprint density at radius 1 is 1.29 bits per heavy atom. The Kier molecular flexibility index (Phi) is 5.07. The van der Waals surface area contributed by atoms with E-state index in [2.05, 4.69) is 25.7 Å². The van der Waals surface area contributed by atoms with Gasteiger partial charge in [-0.15, -0.1) is 10.2 Å². The van der Waals surface area contributed by atoms with Gasteiger partial charge < -0.3 is 9.47 Å². The Balaban J connectivity index is 1.48. The number of hydrogen-bond acceptors (Lipinski definition) is 3. The van der Waals surface area contributed by atoms with Gasteiger partial charge in [0.1, 0.15) is 12.2 Å². The van der Waals surface area contributed by atoms with E-state index in [0.29, 0.717) is 0 Å². The molecule has 4 heteroatoms. The van der Waals surface area contributed by atoms with E-state index in [-0.39, 0.29) is 0 Å². The Hall–Kier alpha value is -1.16. The maximum Gasteiger partial charge on any atom is 0.129 e. The number of rotatable bonds is 8. The third kappa shape index (κ3) is 4.67. The lowest BCUT2D eigenvalue weighted by Gasteiger charge is -2.24. The lowest BCUT2D eigenvalue weighted by Crippen LogP contribution is -2.31. The molecule has 2 aliphatic carbocycles. The van der Waals surface area contributed by atoms with Gasteiger partial charge >= 0.3 is 0 Å². The average molecular weight is 288 g/mol. The number of allylic oxidation sites excluding steroid dienone is 1. The molecule has 0 radical (unpaired) electrons. The molecule has 0 atom stereocenters. The fourth-order valence-electron chi connectivity index (χ4n) is 3.17. The van der Waals surface area contributed by atoms with E-state index in [1.54, 1.807) is 5.57 Å². The van der Waals surface area contributed by atoms with Crippen LogP contribution in [0.25, 0.3) is 0 Å². The molecule has 0 spiro atoms. The van der Waals surface area contributed by atoms with Crippen LogP contribution in [0.4, 0.5) is 0 Å². The molecule has 1 aromatic heterocycles. The number of nitrogens with zero attached hydrogens (tertiary/aromatic N) is 4. The van der Waals surface area contributed by atoms with Crippen molar-refractivity contribution in [3.63, 3.8) is 0 Å². The van der Waals surface area contributed by atoms with Crippen LogP contribution < -0.4 is 0 Å². The summed E-state index contributed by atoms with van der Waals surface area (Å²) in [6.45, 7) is 6.69. The maximum atomic E-state index is 4.07. The molecule has 0 unspecified atom stereocenters. The Labute approximate surface area is 128 Å². The summed E-state index contributed by atoms with van der Waals surface area (Å²) in [7, 11) is 0. The van der Waals surface area contributed by atoms with Crippen molar-refractivity contribution in [2.24, 2.45) is 5.92 Å². The van der Waals surface area contributed by atoms with Gasteiger partial charge in [0, 0.05) is 26.2 Å². The summed E-state index contributed by atoms with van der Waals surface area (Å²) in [4.78, 5) is 2.66. The first-order valence-electron chi connectivity index (χ1n) is 8.56. The van der Waals surface area contributed by atoms with E-state index in [0.717, 1.165) is 24.8 Å². The molecule has 2 aliphatic rings. The summed E-state index contributed by atoms with van der Waals surface area (Å²) >= 11 is 0. The third-order valence-electron chi connectivity index (χ3n) is 4.81. The van der Waals surface area contributed by atoms with E-state index in [1.165, 1.54) is 58.0 Å². The quantitative estimate of drug-likeness (QED) is 0.689. The molecule has 1 aromatic rings. The molecule has 0 aliphatic heterocycles. The lowest BCUT2D eigenvalue weighted by atomic mass is 9.97. The molecule has 0 saturated heterocycles. The first kappa shape index (κ1) is 14.8. The minimum Gasteiger partial charge on any atom is -0.317 e. The highest BCUT2D eigenvalue weighted by atomic mass is 15.3. The third-order valence-corrected chi connectivity index (χ3v) is 4.81. The van der Waals surface area contributed by atoms with Gasteiger partial charge in [-0.05, 0) is 57.8 Å². The fraction of sp³-hybridized carbons (Fsp3) is 0.765. The van der Waals surface area contributed by atoms with Gasteiger partial charge in [0.15, 0.2) is 0 Å². The van der Waals surface area contributed by atoms with Crippen molar-refractivity contribution in [2.45, 2.75) is 58.4 Å². The van der Waals surface area contributed by atoms with Gasteiger partial charge in [0.05, 0.1) is 0 Å². The summed E-state index contributed by atoms with van der Waals surface area (Å²) in [5.74, 6) is 1.99. The van der Waals surface area contributed by atoms with Crippen LogP contribution >= 0.6 is 0 Å². The molecular weight excluding hydrogens is 260 g/mol. The van der Waals surface area contributed by atoms with E-state index in [1.807, 2.05) is 13.3 Å². The predicted molar refractivity (Wildman–Crippen MR) is 85.1 cm³/mol. The normalized spacial score (nSPS) is 19.0. The smallest absolute Gasteiger partial charge is 0.129 e. The predicted octanol–water partition coefficient (Wildman–Crippen LogP) is 3.19. The van der Waals surface area contributed by atoms with Gasteiger partial charge in [0.25, 0.3) is 0 Å². The highest BCUT2D eigenvalue weighted by Gasteiger charge is 2.24. The molecule has 3 rings (SSSR count). The van der Waals surface area contributed by atoms with E-state index in [4.69, 9.17) is 0 Å². The summed E-state index contributed by atoms with van der Waals surface area (Å²) in [5.41, 5.74) is 1.70. The van der Waals surface area contributed by atoms with Gasteiger partial charge in [-0.2, -0.15) is 0 Å². The molecule has 116 valence electrons. The minimum absolute atomic E-state index is 0.965. The van der Waals surface area contributed by atoms with Crippen molar-refractivity contribution in [1.82, 2.24) is 19.7 Å². The van der Waals surface area contributed by atoms with Gasteiger partial charge in [-0.3, -0.25) is 0 Å². The summed E-state index contributed by atoms with van der Waals surface area (Å²) in [6.07, 6.45) is 13.9. The molecule has 4 nitrogen and oxygen atoms in total. The second-order valence-electron chi connectivity index (χ2n) is 6.67. The second-order valence-corrected chi connectivity index (χ2v) is 6.67. The van der Waals surface area contributed by atoms with Gasteiger partial charge in [-0.1, -0.05) is 11.6 Å². The van der Waals surface area contributed by atoms with Crippen LogP contribution in [0.5, 0.6) is 0 Å². The zero-order valence-corrected chi connectivity index (χ0v) is 13.3. The van der Waals surface area contributed by atoms with E-state index in [9.17, 15) is 0 Å².